The number of halogens is 1. The van der Waals surface area contributed by atoms with Crippen molar-refractivity contribution in [1.82, 2.24) is 15.5 Å². The molecular formula is C19H24ClN3O2. The van der Waals surface area contributed by atoms with Gasteiger partial charge in [-0.05, 0) is 43.9 Å². The van der Waals surface area contributed by atoms with Crippen LogP contribution in [0, 0.1) is 0 Å². The van der Waals surface area contributed by atoms with E-state index in [1.54, 1.807) is 24.3 Å². The van der Waals surface area contributed by atoms with E-state index in [9.17, 15) is 4.79 Å². The molecule has 2 amide bonds. The number of rotatable bonds is 8. The highest BCUT2D eigenvalue weighted by Crippen LogP contribution is 2.15. The molecule has 0 fully saturated rings. The molecule has 0 saturated carbocycles. The van der Waals surface area contributed by atoms with E-state index in [0.29, 0.717) is 18.2 Å². The number of carbonyl (C=O) groups excluding carboxylic acids is 1. The third-order valence-electron chi connectivity index (χ3n) is 3.52. The smallest absolute Gasteiger partial charge is 0.315 e. The molecule has 0 radical (unpaired) electrons. The minimum absolute atomic E-state index is 0.0756. The van der Waals surface area contributed by atoms with Crippen LogP contribution in [-0.2, 0) is 0 Å². The van der Waals surface area contributed by atoms with Crippen LogP contribution in [0.3, 0.4) is 0 Å². The van der Waals surface area contributed by atoms with Crippen molar-refractivity contribution in [3.05, 3.63) is 65.2 Å². The Hall–Kier alpha value is -2.24. The molecule has 25 heavy (non-hydrogen) atoms. The van der Waals surface area contributed by atoms with Gasteiger partial charge in [0.05, 0.1) is 12.6 Å². The minimum atomic E-state index is -0.213. The van der Waals surface area contributed by atoms with Crippen molar-refractivity contribution >= 4 is 17.6 Å². The van der Waals surface area contributed by atoms with Gasteiger partial charge in [0.15, 0.2) is 0 Å². The van der Waals surface area contributed by atoms with Gasteiger partial charge < -0.3 is 20.3 Å². The molecule has 0 spiro atoms. The lowest BCUT2D eigenvalue weighted by Gasteiger charge is -2.23. The number of amides is 2. The molecule has 134 valence electrons. The maximum absolute atomic E-state index is 12.2. The molecule has 0 saturated heterocycles. The molecule has 0 aliphatic rings. The van der Waals surface area contributed by atoms with Crippen molar-refractivity contribution in [1.29, 1.82) is 0 Å². The van der Waals surface area contributed by atoms with Crippen molar-refractivity contribution in [3.63, 3.8) is 0 Å². The van der Waals surface area contributed by atoms with Crippen LogP contribution in [0.2, 0.25) is 5.02 Å². The number of nitrogens with one attached hydrogen (secondary N) is 2. The summed E-state index contributed by atoms with van der Waals surface area (Å²) in [4.78, 5) is 14.2. The van der Waals surface area contributed by atoms with E-state index in [-0.39, 0.29) is 12.1 Å². The molecule has 1 unspecified atom stereocenters. The van der Waals surface area contributed by atoms with Gasteiger partial charge in [0, 0.05) is 11.6 Å². The van der Waals surface area contributed by atoms with Crippen molar-refractivity contribution in [2.45, 2.75) is 6.04 Å². The fourth-order valence-electron chi connectivity index (χ4n) is 2.36. The molecule has 0 bridgehead atoms. The molecule has 0 aromatic heterocycles. The zero-order valence-corrected chi connectivity index (χ0v) is 15.3. The Morgan fingerprint density at radius 1 is 1.12 bits per heavy atom. The highest BCUT2D eigenvalue weighted by Gasteiger charge is 2.14. The maximum atomic E-state index is 12.2. The second-order valence-corrected chi connectivity index (χ2v) is 6.36. The van der Waals surface area contributed by atoms with E-state index in [1.165, 1.54) is 0 Å². The molecule has 6 heteroatoms. The lowest BCUT2D eigenvalue weighted by atomic mass is 10.1. The average Bonchev–Trinajstić information content (AvgIpc) is 2.60. The van der Waals surface area contributed by atoms with Gasteiger partial charge in [-0.1, -0.05) is 41.9 Å². The maximum Gasteiger partial charge on any atom is 0.315 e. The van der Waals surface area contributed by atoms with Gasteiger partial charge in [-0.3, -0.25) is 0 Å². The molecule has 2 aromatic rings. The summed E-state index contributed by atoms with van der Waals surface area (Å²) >= 11 is 5.83. The number of benzene rings is 2. The first kappa shape index (κ1) is 19.1. The van der Waals surface area contributed by atoms with Crippen LogP contribution in [0.25, 0.3) is 0 Å². The lowest BCUT2D eigenvalue weighted by Crippen LogP contribution is -2.42. The summed E-state index contributed by atoms with van der Waals surface area (Å²) in [6.45, 7) is 1.52. The fourth-order valence-corrected chi connectivity index (χ4v) is 2.48. The SMILES string of the molecule is CN(C)CC(NC(=O)NCCOc1ccc(Cl)cc1)c1ccccc1. The normalized spacial score (nSPS) is 11.8. The first-order valence-corrected chi connectivity index (χ1v) is 8.55. The van der Waals surface area contributed by atoms with Crippen LogP contribution < -0.4 is 15.4 Å². The second kappa shape index (κ2) is 9.91. The van der Waals surface area contributed by atoms with Gasteiger partial charge in [-0.2, -0.15) is 0 Å². The third kappa shape index (κ3) is 7.03. The molecule has 0 aliphatic heterocycles. The molecule has 2 aromatic carbocycles. The summed E-state index contributed by atoms with van der Waals surface area (Å²) in [6.07, 6.45) is 0. The number of ether oxygens (including phenoxy) is 1. The Balaban J connectivity index is 1.77. The molecule has 2 N–H and O–H groups in total. The molecule has 2 rings (SSSR count). The van der Waals surface area contributed by atoms with E-state index in [1.807, 2.05) is 49.3 Å². The predicted octanol–water partition coefficient (Wildman–Crippen LogP) is 3.32. The van der Waals surface area contributed by atoms with E-state index in [4.69, 9.17) is 16.3 Å². The van der Waals surface area contributed by atoms with Crippen molar-refractivity contribution < 1.29 is 9.53 Å². The zero-order valence-electron chi connectivity index (χ0n) is 14.5. The van der Waals surface area contributed by atoms with Crippen molar-refractivity contribution in [3.8, 4) is 5.75 Å². The summed E-state index contributed by atoms with van der Waals surface area (Å²) in [5, 5.41) is 6.49. The summed E-state index contributed by atoms with van der Waals surface area (Å²) in [5.41, 5.74) is 1.07. The number of carbonyl (C=O) groups is 1. The molecule has 0 aliphatic carbocycles. The Bertz CT molecular complexity index is 647. The number of nitrogens with zero attached hydrogens (tertiary/aromatic N) is 1. The number of likely N-dealkylation sites (N-methyl/N-ethyl adjacent to an activating group) is 1. The Morgan fingerprint density at radius 2 is 1.80 bits per heavy atom. The standard InChI is InChI=1S/C19H24ClN3O2/c1-23(2)14-18(15-6-4-3-5-7-15)22-19(24)21-12-13-25-17-10-8-16(20)9-11-17/h3-11,18H,12-14H2,1-2H3,(H2,21,22,24). The Kier molecular flexibility index (Phi) is 7.57. The van der Waals surface area contributed by atoms with E-state index >= 15 is 0 Å². The highest BCUT2D eigenvalue weighted by atomic mass is 35.5. The summed E-state index contributed by atoms with van der Waals surface area (Å²) in [7, 11) is 3.96. The van der Waals surface area contributed by atoms with Gasteiger partial charge in [0.25, 0.3) is 0 Å². The van der Waals surface area contributed by atoms with Crippen molar-refractivity contribution in [2.24, 2.45) is 0 Å². The van der Waals surface area contributed by atoms with Gasteiger partial charge in [0.1, 0.15) is 12.4 Å². The molecule has 1 atom stereocenters. The molecule has 0 heterocycles. The number of hydrogen-bond donors (Lipinski definition) is 2. The van der Waals surface area contributed by atoms with Crippen LogP contribution in [0.4, 0.5) is 4.79 Å². The largest absolute Gasteiger partial charge is 0.492 e. The van der Waals surface area contributed by atoms with Gasteiger partial charge in [-0.25, -0.2) is 4.79 Å². The van der Waals surface area contributed by atoms with E-state index in [0.717, 1.165) is 17.9 Å². The van der Waals surface area contributed by atoms with Gasteiger partial charge in [-0.15, -0.1) is 0 Å². The Labute approximate surface area is 153 Å². The zero-order chi connectivity index (χ0) is 18.1. The fraction of sp³-hybridized carbons (Fsp3) is 0.316. The Morgan fingerprint density at radius 3 is 2.44 bits per heavy atom. The van der Waals surface area contributed by atoms with Gasteiger partial charge in [0.2, 0.25) is 0 Å². The third-order valence-corrected chi connectivity index (χ3v) is 3.78. The predicted molar refractivity (Wildman–Crippen MR) is 101 cm³/mol. The molecular weight excluding hydrogens is 338 g/mol. The van der Waals surface area contributed by atoms with E-state index < -0.39 is 0 Å². The minimum Gasteiger partial charge on any atom is -0.492 e. The number of hydrogen-bond acceptors (Lipinski definition) is 3. The highest BCUT2D eigenvalue weighted by molar-refractivity contribution is 6.30. The van der Waals surface area contributed by atoms with Crippen LogP contribution in [0.1, 0.15) is 11.6 Å². The van der Waals surface area contributed by atoms with Crippen LogP contribution in [0.15, 0.2) is 54.6 Å². The quantitative estimate of drug-likeness (QED) is 0.709. The lowest BCUT2D eigenvalue weighted by molar-refractivity contribution is 0.229. The monoisotopic (exact) mass is 361 g/mol. The van der Waals surface area contributed by atoms with Gasteiger partial charge >= 0.3 is 6.03 Å². The second-order valence-electron chi connectivity index (χ2n) is 5.93. The summed E-state index contributed by atoms with van der Waals surface area (Å²) in [5.74, 6) is 0.723. The summed E-state index contributed by atoms with van der Waals surface area (Å²) in [6, 6.07) is 16.8. The van der Waals surface area contributed by atoms with Crippen molar-refractivity contribution in [2.75, 3.05) is 33.8 Å². The first-order valence-electron chi connectivity index (χ1n) is 8.17. The average molecular weight is 362 g/mol. The number of urea groups is 1. The molecule has 5 nitrogen and oxygen atoms in total. The van der Waals surface area contributed by atoms with E-state index in [2.05, 4.69) is 10.6 Å². The van der Waals surface area contributed by atoms with Crippen LogP contribution >= 0.6 is 11.6 Å². The van der Waals surface area contributed by atoms with Crippen LogP contribution in [-0.4, -0.2) is 44.7 Å². The topological polar surface area (TPSA) is 53.6 Å². The summed E-state index contributed by atoms with van der Waals surface area (Å²) < 4.78 is 5.56. The first-order chi connectivity index (χ1) is 12.0. The van der Waals surface area contributed by atoms with Crippen LogP contribution in [0.5, 0.6) is 5.75 Å².